The lowest BCUT2D eigenvalue weighted by Gasteiger charge is -2.14. The minimum absolute atomic E-state index is 0.119. The van der Waals surface area contributed by atoms with Crippen LogP contribution < -0.4 is 10.1 Å². The molecule has 5 nitrogen and oxygen atoms in total. The van der Waals surface area contributed by atoms with Gasteiger partial charge in [-0.25, -0.2) is 4.79 Å². The summed E-state index contributed by atoms with van der Waals surface area (Å²) in [6.07, 6.45) is 2.82. The highest BCUT2D eigenvalue weighted by molar-refractivity contribution is 9.10. The third-order valence-corrected chi connectivity index (χ3v) is 6.31. The van der Waals surface area contributed by atoms with Gasteiger partial charge in [-0.2, -0.15) is 0 Å². The molecule has 0 unspecified atom stereocenters. The van der Waals surface area contributed by atoms with Gasteiger partial charge in [0.05, 0.1) is 12.2 Å². The van der Waals surface area contributed by atoms with Crippen LogP contribution in [0.4, 0.5) is 5.00 Å². The van der Waals surface area contributed by atoms with Gasteiger partial charge in [-0.05, 0) is 61.4 Å². The molecule has 1 heterocycles. The fourth-order valence-corrected chi connectivity index (χ4v) is 4.99. The summed E-state index contributed by atoms with van der Waals surface area (Å²) >= 11 is 4.94. The van der Waals surface area contributed by atoms with E-state index in [1.165, 1.54) is 11.3 Å². The van der Waals surface area contributed by atoms with E-state index in [1.54, 1.807) is 6.92 Å². The van der Waals surface area contributed by atoms with E-state index in [2.05, 4.69) is 35.1 Å². The van der Waals surface area contributed by atoms with E-state index >= 15 is 0 Å². The number of esters is 1. The van der Waals surface area contributed by atoms with Crippen LogP contribution in [-0.2, 0) is 22.4 Å². The van der Waals surface area contributed by atoms with Crippen LogP contribution in [0, 0.1) is 0 Å². The number of amides is 1. The lowest BCUT2D eigenvalue weighted by Crippen LogP contribution is -2.21. The van der Waals surface area contributed by atoms with Crippen molar-refractivity contribution < 1.29 is 19.1 Å². The zero-order valence-corrected chi connectivity index (χ0v) is 18.7. The number of halogens is 1. The Morgan fingerprint density at radius 2 is 2.07 bits per heavy atom. The maximum absolute atomic E-state index is 12.5. The molecular weight excluding hydrogens is 442 g/mol. The average molecular weight is 466 g/mol. The molecule has 150 valence electrons. The van der Waals surface area contributed by atoms with Crippen molar-refractivity contribution in [2.24, 2.45) is 0 Å². The molecule has 1 aromatic carbocycles. The van der Waals surface area contributed by atoms with Gasteiger partial charge >= 0.3 is 5.97 Å². The second-order valence-corrected chi connectivity index (χ2v) is 8.98. The molecule has 1 N–H and O–H groups in total. The second kappa shape index (κ2) is 9.09. The monoisotopic (exact) mass is 465 g/mol. The van der Waals surface area contributed by atoms with E-state index in [4.69, 9.17) is 9.47 Å². The number of hydrogen-bond acceptors (Lipinski definition) is 5. The Kier molecular flexibility index (Phi) is 6.78. The molecular formula is C21H24BrNO4S. The van der Waals surface area contributed by atoms with Gasteiger partial charge in [0, 0.05) is 9.35 Å². The highest BCUT2D eigenvalue weighted by atomic mass is 79.9. The number of fused-ring (bicyclic) bond motifs is 1. The van der Waals surface area contributed by atoms with Crippen LogP contribution in [0.5, 0.6) is 5.75 Å². The predicted octanol–water partition coefficient (Wildman–Crippen LogP) is 5.32. The third-order valence-electron chi connectivity index (χ3n) is 4.61. The first-order valence-electron chi connectivity index (χ1n) is 9.44. The predicted molar refractivity (Wildman–Crippen MR) is 115 cm³/mol. The van der Waals surface area contributed by atoms with Gasteiger partial charge in [0.1, 0.15) is 10.8 Å². The summed E-state index contributed by atoms with van der Waals surface area (Å²) in [7, 11) is 0. The maximum Gasteiger partial charge on any atom is 0.341 e. The number of nitrogens with one attached hydrogen (secondary N) is 1. The number of ether oxygens (including phenoxy) is 2. The maximum atomic E-state index is 12.5. The second-order valence-electron chi connectivity index (χ2n) is 6.96. The van der Waals surface area contributed by atoms with E-state index in [1.807, 2.05) is 18.2 Å². The molecule has 0 radical (unpaired) electrons. The van der Waals surface area contributed by atoms with Crippen molar-refractivity contribution in [1.82, 2.24) is 0 Å². The molecule has 1 aromatic heterocycles. The van der Waals surface area contributed by atoms with Crippen LogP contribution in [-0.4, -0.2) is 25.1 Å². The van der Waals surface area contributed by atoms with Crippen molar-refractivity contribution in [3.05, 3.63) is 44.2 Å². The van der Waals surface area contributed by atoms with Crippen molar-refractivity contribution in [3.63, 3.8) is 0 Å². The number of carbonyl (C=O) groups excluding carboxylic acids is 2. The molecule has 0 aliphatic heterocycles. The Morgan fingerprint density at radius 3 is 2.79 bits per heavy atom. The van der Waals surface area contributed by atoms with Crippen LogP contribution in [0.1, 0.15) is 59.5 Å². The number of hydrogen-bond donors (Lipinski definition) is 1. The lowest BCUT2D eigenvalue weighted by atomic mass is 10.0. The Morgan fingerprint density at radius 1 is 1.29 bits per heavy atom. The fourth-order valence-electron chi connectivity index (χ4n) is 3.32. The molecule has 0 saturated heterocycles. The zero-order chi connectivity index (χ0) is 20.3. The highest BCUT2D eigenvalue weighted by Gasteiger charge is 2.28. The summed E-state index contributed by atoms with van der Waals surface area (Å²) < 4.78 is 11.9. The summed E-state index contributed by atoms with van der Waals surface area (Å²) in [5.41, 5.74) is 2.57. The molecule has 1 aliphatic rings. The number of rotatable bonds is 7. The first-order valence-corrected chi connectivity index (χ1v) is 11.0. The smallest absolute Gasteiger partial charge is 0.341 e. The topological polar surface area (TPSA) is 64.6 Å². The van der Waals surface area contributed by atoms with Crippen LogP contribution in [0.25, 0.3) is 0 Å². The van der Waals surface area contributed by atoms with Gasteiger partial charge in [-0.15, -0.1) is 11.3 Å². The molecule has 1 amide bonds. The summed E-state index contributed by atoms with van der Waals surface area (Å²) in [6.45, 7) is 6.12. The number of benzene rings is 1. The van der Waals surface area contributed by atoms with Crippen molar-refractivity contribution in [3.8, 4) is 5.75 Å². The van der Waals surface area contributed by atoms with Gasteiger partial charge in [0.25, 0.3) is 5.91 Å². The molecule has 28 heavy (non-hydrogen) atoms. The van der Waals surface area contributed by atoms with Crippen molar-refractivity contribution in [2.75, 3.05) is 18.5 Å². The minimum atomic E-state index is -0.367. The number of aryl methyl sites for hydroxylation is 1. The molecule has 7 heteroatoms. The molecule has 0 atom stereocenters. The largest absolute Gasteiger partial charge is 0.483 e. The van der Waals surface area contributed by atoms with Crippen molar-refractivity contribution in [1.29, 1.82) is 0 Å². The van der Waals surface area contributed by atoms with E-state index in [9.17, 15) is 9.59 Å². The fraction of sp³-hybridized carbons (Fsp3) is 0.429. The summed E-state index contributed by atoms with van der Waals surface area (Å²) in [5, 5.41) is 3.42. The van der Waals surface area contributed by atoms with E-state index in [0.29, 0.717) is 22.9 Å². The molecule has 0 saturated carbocycles. The standard InChI is InChI=1S/C21H24BrNO4S/c1-4-26-21(25)19-14-6-5-7-17(14)28-20(19)23-18(24)11-27-16-9-8-13(22)10-15(16)12(2)3/h8-10,12H,4-7,11H2,1-3H3,(H,23,24). The first kappa shape index (κ1) is 20.9. The zero-order valence-electron chi connectivity index (χ0n) is 16.3. The van der Waals surface area contributed by atoms with E-state index in [0.717, 1.165) is 39.7 Å². The van der Waals surface area contributed by atoms with Crippen LogP contribution in [0.3, 0.4) is 0 Å². The Balaban J connectivity index is 1.72. The third kappa shape index (κ3) is 4.58. The van der Waals surface area contributed by atoms with Crippen molar-refractivity contribution >= 4 is 44.1 Å². The SMILES string of the molecule is CCOC(=O)c1c(NC(=O)COc2ccc(Br)cc2C(C)C)sc2c1CCC2. The van der Waals surface area contributed by atoms with Gasteiger partial charge in [0.15, 0.2) is 6.61 Å². The molecule has 0 spiro atoms. The highest BCUT2D eigenvalue weighted by Crippen LogP contribution is 2.39. The van der Waals surface area contributed by atoms with Gasteiger partial charge in [-0.1, -0.05) is 29.8 Å². The van der Waals surface area contributed by atoms with Gasteiger partial charge < -0.3 is 14.8 Å². The molecule has 0 bridgehead atoms. The molecule has 3 rings (SSSR count). The first-order chi connectivity index (χ1) is 13.4. The normalized spacial score (nSPS) is 12.8. The van der Waals surface area contributed by atoms with Crippen LogP contribution in [0.15, 0.2) is 22.7 Å². The molecule has 2 aromatic rings. The van der Waals surface area contributed by atoms with E-state index < -0.39 is 0 Å². The Hall–Kier alpha value is -1.86. The average Bonchev–Trinajstić information content (AvgIpc) is 3.21. The summed E-state index contributed by atoms with van der Waals surface area (Å²) in [6, 6.07) is 5.75. The van der Waals surface area contributed by atoms with Crippen LogP contribution >= 0.6 is 27.3 Å². The van der Waals surface area contributed by atoms with Crippen LogP contribution in [0.2, 0.25) is 0 Å². The summed E-state index contributed by atoms with van der Waals surface area (Å²) in [4.78, 5) is 26.1. The number of anilines is 1. The minimum Gasteiger partial charge on any atom is -0.483 e. The lowest BCUT2D eigenvalue weighted by molar-refractivity contribution is -0.118. The molecule has 0 fully saturated rings. The van der Waals surface area contributed by atoms with Crippen molar-refractivity contribution in [2.45, 2.75) is 46.0 Å². The quantitative estimate of drug-likeness (QED) is 0.562. The van der Waals surface area contributed by atoms with E-state index in [-0.39, 0.29) is 24.4 Å². The number of thiophene rings is 1. The summed E-state index contributed by atoms with van der Waals surface area (Å²) in [5.74, 6) is 0.301. The molecule has 1 aliphatic carbocycles. The van der Waals surface area contributed by atoms with Gasteiger partial charge in [0.2, 0.25) is 0 Å². The van der Waals surface area contributed by atoms with Gasteiger partial charge in [-0.3, -0.25) is 4.79 Å². The number of carbonyl (C=O) groups is 2. The Bertz CT molecular complexity index is 891. The Labute approximate surface area is 177 Å².